The fourth-order valence-electron chi connectivity index (χ4n) is 2.56. The predicted molar refractivity (Wildman–Crippen MR) is 70.9 cm³/mol. The van der Waals surface area contributed by atoms with Crippen LogP contribution in [0, 0.1) is 0 Å². The molecule has 2 aromatic heterocycles. The average Bonchev–Trinajstić information content (AvgIpc) is 3.07. The molecular weight excluding hydrogens is 262 g/mol. The second-order valence-electron chi connectivity index (χ2n) is 4.70. The quantitative estimate of drug-likeness (QED) is 0.807. The Morgan fingerprint density at radius 1 is 1.45 bits per heavy atom. The molecule has 1 aliphatic heterocycles. The number of pyridine rings is 1. The van der Waals surface area contributed by atoms with Crippen LogP contribution in [-0.2, 0) is 14.2 Å². The molecule has 8 heteroatoms. The van der Waals surface area contributed by atoms with E-state index in [4.69, 9.17) is 19.9 Å². The summed E-state index contributed by atoms with van der Waals surface area (Å²) in [6, 6.07) is 1.93. The molecule has 0 spiro atoms. The van der Waals surface area contributed by atoms with Crippen LogP contribution in [0.5, 0.6) is 0 Å². The highest BCUT2D eigenvalue weighted by atomic mass is 16.7. The van der Waals surface area contributed by atoms with Crippen molar-refractivity contribution in [1.82, 2.24) is 20.0 Å². The Labute approximate surface area is 115 Å². The maximum atomic E-state index is 5.79. The smallest absolute Gasteiger partial charge is 0.183 e. The van der Waals surface area contributed by atoms with Gasteiger partial charge in [-0.2, -0.15) is 0 Å². The molecule has 1 fully saturated rings. The number of hydrogen-bond donors (Lipinski definition) is 1. The third-order valence-electron chi connectivity index (χ3n) is 3.54. The van der Waals surface area contributed by atoms with E-state index in [1.807, 2.05) is 10.7 Å². The fraction of sp³-hybridized carbons (Fsp3) is 0.583. The number of aromatic nitrogens is 4. The first-order chi connectivity index (χ1) is 9.74. The van der Waals surface area contributed by atoms with Crippen LogP contribution in [-0.4, -0.2) is 53.2 Å². The van der Waals surface area contributed by atoms with Crippen molar-refractivity contribution in [1.29, 1.82) is 0 Å². The van der Waals surface area contributed by atoms with Crippen LogP contribution in [0.25, 0.3) is 11.0 Å². The van der Waals surface area contributed by atoms with Crippen LogP contribution in [0.2, 0.25) is 0 Å². The summed E-state index contributed by atoms with van der Waals surface area (Å²) in [5.74, 6) is 0.385. The van der Waals surface area contributed by atoms with E-state index in [1.165, 1.54) is 0 Å². The minimum atomic E-state index is -0.374. The third kappa shape index (κ3) is 2.11. The summed E-state index contributed by atoms with van der Waals surface area (Å²) in [6.07, 6.45) is 1.90. The summed E-state index contributed by atoms with van der Waals surface area (Å²) < 4.78 is 18.0. The Hall–Kier alpha value is -1.77. The fourth-order valence-corrected chi connectivity index (χ4v) is 2.56. The average molecular weight is 279 g/mol. The van der Waals surface area contributed by atoms with Gasteiger partial charge in [0.2, 0.25) is 0 Å². The molecule has 0 bridgehead atoms. The summed E-state index contributed by atoms with van der Waals surface area (Å²) in [5, 5.41) is 8.25. The van der Waals surface area contributed by atoms with Crippen molar-refractivity contribution < 1.29 is 14.2 Å². The van der Waals surface area contributed by atoms with E-state index < -0.39 is 0 Å². The van der Waals surface area contributed by atoms with Gasteiger partial charge in [0, 0.05) is 26.8 Å². The van der Waals surface area contributed by atoms with Gasteiger partial charge in [0.25, 0.3) is 0 Å². The normalized spacial score (nSPS) is 22.9. The first kappa shape index (κ1) is 13.2. The largest absolute Gasteiger partial charge is 0.382 e. The lowest BCUT2D eigenvalue weighted by molar-refractivity contribution is -0.167. The standard InChI is InChI=1S/C12H17N5O3/c1-18-12(19-2)9-5-7(6-20-9)17-8-3-4-14-11(13)10(8)15-16-17/h3-4,7,9,12H,5-6H2,1-2H3,(H2,13,14)/t7-,9-/m1/s1. The molecule has 2 aromatic rings. The lowest BCUT2D eigenvalue weighted by atomic mass is 10.1. The van der Waals surface area contributed by atoms with Gasteiger partial charge in [-0.05, 0) is 6.07 Å². The number of nitrogens with zero attached hydrogens (tertiary/aromatic N) is 4. The van der Waals surface area contributed by atoms with Crippen molar-refractivity contribution in [2.24, 2.45) is 0 Å². The van der Waals surface area contributed by atoms with E-state index in [1.54, 1.807) is 20.4 Å². The van der Waals surface area contributed by atoms with Crippen LogP contribution in [0.15, 0.2) is 12.3 Å². The second kappa shape index (κ2) is 5.31. The maximum Gasteiger partial charge on any atom is 0.183 e. The number of methoxy groups -OCH3 is 2. The molecule has 0 unspecified atom stereocenters. The monoisotopic (exact) mass is 279 g/mol. The first-order valence-corrected chi connectivity index (χ1v) is 6.37. The lowest BCUT2D eigenvalue weighted by Gasteiger charge is -2.19. The molecule has 3 rings (SSSR count). The van der Waals surface area contributed by atoms with Gasteiger partial charge in [0.1, 0.15) is 6.10 Å². The second-order valence-corrected chi connectivity index (χ2v) is 4.70. The molecule has 8 nitrogen and oxygen atoms in total. The zero-order valence-corrected chi connectivity index (χ0v) is 11.4. The van der Waals surface area contributed by atoms with Crippen LogP contribution >= 0.6 is 0 Å². The molecule has 108 valence electrons. The van der Waals surface area contributed by atoms with E-state index in [-0.39, 0.29) is 18.4 Å². The zero-order valence-electron chi connectivity index (χ0n) is 11.4. The number of hydrogen-bond acceptors (Lipinski definition) is 7. The minimum absolute atomic E-state index is 0.0830. The lowest BCUT2D eigenvalue weighted by Crippen LogP contribution is -2.29. The molecule has 3 heterocycles. The SMILES string of the molecule is COC(OC)[C@H]1C[C@@H](n2nnc3c(N)nccc32)CO1. The molecule has 0 saturated carbocycles. The van der Waals surface area contributed by atoms with E-state index in [0.29, 0.717) is 17.9 Å². The van der Waals surface area contributed by atoms with Crippen LogP contribution < -0.4 is 5.73 Å². The maximum absolute atomic E-state index is 5.79. The van der Waals surface area contributed by atoms with Gasteiger partial charge in [0.05, 0.1) is 18.2 Å². The number of rotatable bonds is 4. The van der Waals surface area contributed by atoms with Gasteiger partial charge in [-0.15, -0.1) is 5.10 Å². The number of fused-ring (bicyclic) bond motifs is 1. The van der Waals surface area contributed by atoms with E-state index in [9.17, 15) is 0 Å². The summed E-state index contributed by atoms with van der Waals surface area (Å²) in [6.45, 7) is 0.536. The van der Waals surface area contributed by atoms with E-state index in [2.05, 4.69) is 15.3 Å². The van der Waals surface area contributed by atoms with Crippen molar-refractivity contribution in [3.8, 4) is 0 Å². The van der Waals surface area contributed by atoms with Crippen LogP contribution in [0.4, 0.5) is 5.82 Å². The topological polar surface area (TPSA) is 97.3 Å². The summed E-state index contributed by atoms with van der Waals surface area (Å²) in [7, 11) is 3.20. The highest BCUT2D eigenvalue weighted by molar-refractivity contribution is 5.83. The van der Waals surface area contributed by atoms with Crippen molar-refractivity contribution in [2.45, 2.75) is 24.9 Å². The molecule has 1 saturated heterocycles. The van der Waals surface area contributed by atoms with Crippen molar-refractivity contribution in [3.63, 3.8) is 0 Å². The molecule has 1 aliphatic rings. The van der Waals surface area contributed by atoms with Gasteiger partial charge >= 0.3 is 0 Å². The van der Waals surface area contributed by atoms with Gasteiger partial charge in [-0.25, -0.2) is 9.67 Å². The van der Waals surface area contributed by atoms with E-state index in [0.717, 1.165) is 11.9 Å². The summed E-state index contributed by atoms with van der Waals surface area (Å²) in [4.78, 5) is 4.01. The number of nitrogen functional groups attached to an aromatic ring is 1. The Bertz CT molecular complexity index is 598. The Kier molecular flexibility index (Phi) is 3.51. The molecule has 0 aliphatic carbocycles. The minimum Gasteiger partial charge on any atom is -0.382 e. The Morgan fingerprint density at radius 3 is 3.00 bits per heavy atom. The molecule has 20 heavy (non-hydrogen) atoms. The highest BCUT2D eigenvalue weighted by Crippen LogP contribution is 2.29. The van der Waals surface area contributed by atoms with E-state index >= 15 is 0 Å². The zero-order chi connectivity index (χ0) is 14.1. The Balaban J connectivity index is 1.85. The number of anilines is 1. The van der Waals surface area contributed by atoms with Gasteiger partial charge in [0.15, 0.2) is 17.6 Å². The molecule has 2 atom stereocenters. The van der Waals surface area contributed by atoms with Gasteiger partial charge < -0.3 is 19.9 Å². The Morgan fingerprint density at radius 2 is 2.25 bits per heavy atom. The third-order valence-corrected chi connectivity index (χ3v) is 3.54. The van der Waals surface area contributed by atoms with Gasteiger partial charge in [-0.3, -0.25) is 0 Å². The van der Waals surface area contributed by atoms with Gasteiger partial charge in [-0.1, -0.05) is 5.21 Å². The molecule has 2 N–H and O–H groups in total. The van der Waals surface area contributed by atoms with Crippen LogP contribution in [0.1, 0.15) is 12.5 Å². The summed E-state index contributed by atoms with van der Waals surface area (Å²) in [5.41, 5.74) is 7.26. The number of ether oxygens (including phenoxy) is 3. The van der Waals surface area contributed by atoms with Crippen molar-refractivity contribution in [3.05, 3.63) is 12.3 Å². The number of nitrogens with two attached hydrogens (primary N) is 1. The van der Waals surface area contributed by atoms with Crippen molar-refractivity contribution in [2.75, 3.05) is 26.6 Å². The van der Waals surface area contributed by atoms with Crippen molar-refractivity contribution >= 4 is 16.9 Å². The highest BCUT2D eigenvalue weighted by Gasteiger charge is 2.34. The first-order valence-electron chi connectivity index (χ1n) is 6.37. The molecule has 0 radical (unpaired) electrons. The van der Waals surface area contributed by atoms with Crippen LogP contribution in [0.3, 0.4) is 0 Å². The molecule has 0 aromatic carbocycles. The molecular formula is C12H17N5O3. The predicted octanol–water partition coefficient (Wildman–Crippen LogP) is 0.357. The molecule has 0 amide bonds. The summed E-state index contributed by atoms with van der Waals surface area (Å²) >= 11 is 0.